The van der Waals surface area contributed by atoms with Crippen LogP contribution in [0.1, 0.15) is 26.3 Å². The number of amides is 1. The summed E-state index contributed by atoms with van der Waals surface area (Å²) in [5.74, 6) is 0.635. The monoisotopic (exact) mass is 281 g/mol. The zero-order chi connectivity index (χ0) is 14.0. The highest BCUT2D eigenvalue weighted by atomic mass is 35.5. The number of hydrogen-bond acceptors (Lipinski definition) is 3. The van der Waals surface area contributed by atoms with Crippen LogP contribution in [0, 0.1) is 0 Å². The number of halogens is 1. The number of carbonyl (C=O) groups excluding carboxylic acids is 1. The van der Waals surface area contributed by atoms with Gasteiger partial charge >= 0.3 is 6.09 Å². The Kier molecular flexibility index (Phi) is 3.71. The van der Waals surface area contributed by atoms with Crippen molar-refractivity contribution in [2.75, 3.05) is 0 Å². The molecule has 4 nitrogen and oxygen atoms in total. The number of ether oxygens (including phenoxy) is 2. The number of benzene rings is 1. The van der Waals surface area contributed by atoms with Gasteiger partial charge in [0.05, 0.1) is 5.03 Å². The molecule has 1 aliphatic rings. The fourth-order valence-corrected chi connectivity index (χ4v) is 1.93. The highest BCUT2D eigenvalue weighted by Gasteiger charge is 2.23. The van der Waals surface area contributed by atoms with E-state index in [2.05, 4.69) is 5.32 Å². The van der Waals surface area contributed by atoms with Crippen molar-refractivity contribution in [2.24, 2.45) is 0 Å². The minimum Gasteiger partial charge on any atom is -0.466 e. The zero-order valence-corrected chi connectivity index (χ0v) is 11.8. The number of para-hydroxylation sites is 1. The molecule has 0 saturated carbocycles. The van der Waals surface area contributed by atoms with Gasteiger partial charge in [0.2, 0.25) is 0 Å². The molecule has 0 radical (unpaired) electrons. The van der Waals surface area contributed by atoms with Crippen molar-refractivity contribution in [1.29, 1.82) is 0 Å². The molecule has 0 fully saturated rings. The SMILES string of the molecule is CC(C)(C)OC(=O)NC1C=C(Cl)c2ccccc2O1. The lowest BCUT2D eigenvalue weighted by Crippen LogP contribution is -2.42. The quantitative estimate of drug-likeness (QED) is 0.857. The van der Waals surface area contributed by atoms with E-state index < -0.39 is 17.9 Å². The molecule has 1 unspecified atom stereocenters. The number of carbonyl (C=O) groups is 1. The molecule has 0 bridgehead atoms. The lowest BCUT2D eigenvalue weighted by molar-refractivity contribution is 0.0437. The molecule has 1 amide bonds. The van der Waals surface area contributed by atoms with Gasteiger partial charge in [-0.3, -0.25) is 5.32 Å². The lowest BCUT2D eigenvalue weighted by atomic mass is 10.1. The largest absolute Gasteiger partial charge is 0.466 e. The number of alkyl carbamates (subject to hydrolysis) is 1. The average molecular weight is 282 g/mol. The highest BCUT2D eigenvalue weighted by molar-refractivity contribution is 6.49. The molecule has 0 saturated heterocycles. The molecular weight excluding hydrogens is 266 g/mol. The fourth-order valence-electron chi connectivity index (χ4n) is 1.66. The first-order valence-corrected chi connectivity index (χ1v) is 6.36. The van der Waals surface area contributed by atoms with E-state index in [1.165, 1.54) is 0 Å². The maximum absolute atomic E-state index is 11.7. The molecular formula is C14H16ClNO3. The number of hydrogen-bond donors (Lipinski definition) is 1. The maximum Gasteiger partial charge on any atom is 0.410 e. The molecule has 1 aromatic carbocycles. The Morgan fingerprint density at radius 2 is 2.05 bits per heavy atom. The van der Waals surface area contributed by atoms with E-state index in [-0.39, 0.29) is 0 Å². The van der Waals surface area contributed by atoms with E-state index in [0.717, 1.165) is 5.56 Å². The van der Waals surface area contributed by atoms with E-state index in [4.69, 9.17) is 21.1 Å². The molecule has 19 heavy (non-hydrogen) atoms. The normalized spacial score (nSPS) is 17.9. The topological polar surface area (TPSA) is 47.6 Å². The second-order valence-corrected chi connectivity index (χ2v) is 5.60. The van der Waals surface area contributed by atoms with Crippen LogP contribution in [0.4, 0.5) is 4.79 Å². The first-order chi connectivity index (χ1) is 8.85. The molecule has 5 heteroatoms. The van der Waals surface area contributed by atoms with Crippen LogP contribution < -0.4 is 10.1 Å². The Bertz CT molecular complexity index is 520. The molecule has 2 rings (SSSR count). The van der Waals surface area contributed by atoms with Gasteiger partial charge in [0.25, 0.3) is 0 Å². The third-order valence-corrected chi connectivity index (χ3v) is 2.68. The van der Waals surface area contributed by atoms with Crippen molar-refractivity contribution >= 4 is 22.7 Å². The number of nitrogens with one attached hydrogen (secondary N) is 1. The van der Waals surface area contributed by atoms with E-state index in [1.807, 2.05) is 18.2 Å². The van der Waals surface area contributed by atoms with Crippen molar-refractivity contribution in [1.82, 2.24) is 5.32 Å². The maximum atomic E-state index is 11.7. The summed E-state index contributed by atoms with van der Waals surface area (Å²) in [5, 5.41) is 3.15. The summed E-state index contributed by atoms with van der Waals surface area (Å²) in [4.78, 5) is 11.7. The first-order valence-electron chi connectivity index (χ1n) is 5.98. The summed E-state index contributed by atoms with van der Waals surface area (Å²) >= 11 is 6.15. The smallest absolute Gasteiger partial charge is 0.410 e. The summed E-state index contributed by atoms with van der Waals surface area (Å²) < 4.78 is 10.8. The number of rotatable bonds is 1. The van der Waals surface area contributed by atoms with Crippen molar-refractivity contribution in [3.05, 3.63) is 35.9 Å². The summed E-state index contributed by atoms with van der Waals surface area (Å²) in [7, 11) is 0. The second kappa shape index (κ2) is 5.13. The predicted molar refractivity (Wildman–Crippen MR) is 74.1 cm³/mol. The Labute approximate surface area is 117 Å². The average Bonchev–Trinajstić information content (AvgIpc) is 2.26. The molecule has 1 aromatic rings. The Morgan fingerprint density at radius 3 is 2.74 bits per heavy atom. The molecule has 1 atom stereocenters. The van der Waals surface area contributed by atoms with Crippen LogP contribution in [0.2, 0.25) is 0 Å². The van der Waals surface area contributed by atoms with E-state index in [9.17, 15) is 4.79 Å². The Balaban J connectivity index is 2.06. The van der Waals surface area contributed by atoms with Crippen LogP contribution in [0.5, 0.6) is 5.75 Å². The van der Waals surface area contributed by atoms with Crippen LogP contribution >= 0.6 is 11.6 Å². The first kappa shape index (κ1) is 13.7. The minimum atomic E-state index is -0.628. The van der Waals surface area contributed by atoms with Crippen LogP contribution in [-0.4, -0.2) is 17.9 Å². The zero-order valence-electron chi connectivity index (χ0n) is 11.1. The molecule has 1 heterocycles. The molecule has 102 valence electrons. The predicted octanol–water partition coefficient (Wildman–Crippen LogP) is 3.51. The molecule has 0 aliphatic carbocycles. The van der Waals surface area contributed by atoms with Gasteiger partial charge in [-0.05, 0) is 39.0 Å². The van der Waals surface area contributed by atoms with Crippen LogP contribution in [0.15, 0.2) is 30.3 Å². The fraction of sp³-hybridized carbons (Fsp3) is 0.357. The van der Waals surface area contributed by atoms with Gasteiger partial charge in [-0.25, -0.2) is 4.79 Å². The molecule has 0 spiro atoms. The lowest BCUT2D eigenvalue weighted by Gasteiger charge is -2.26. The Morgan fingerprint density at radius 1 is 1.37 bits per heavy atom. The Hall–Kier alpha value is -1.68. The van der Waals surface area contributed by atoms with Crippen LogP contribution in [0.3, 0.4) is 0 Å². The van der Waals surface area contributed by atoms with Gasteiger partial charge in [-0.1, -0.05) is 23.7 Å². The summed E-state index contributed by atoms with van der Waals surface area (Å²) in [6, 6.07) is 7.38. The van der Waals surface area contributed by atoms with Crippen LogP contribution in [-0.2, 0) is 4.74 Å². The third-order valence-electron chi connectivity index (χ3n) is 2.35. The highest BCUT2D eigenvalue weighted by Crippen LogP contribution is 2.33. The summed E-state index contributed by atoms with van der Waals surface area (Å²) in [6.07, 6.45) is 0.461. The standard InChI is InChI=1S/C14H16ClNO3/c1-14(2,3)19-13(17)16-12-8-10(15)9-6-4-5-7-11(9)18-12/h4-8,12H,1-3H3,(H,16,17). The second-order valence-electron chi connectivity index (χ2n) is 5.20. The number of fused-ring (bicyclic) bond motifs is 1. The van der Waals surface area contributed by atoms with Gasteiger partial charge in [-0.2, -0.15) is 0 Å². The van der Waals surface area contributed by atoms with Crippen molar-refractivity contribution in [2.45, 2.75) is 32.6 Å². The van der Waals surface area contributed by atoms with Gasteiger partial charge in [-0.15, -0.1) is 0 Å². The van der Waals surface area contributed by atoms with Gasteiger partial charge in [0.1, 0.15) is 11.4 Å². The van der Waals surface area contributed by atoms with Crippen molar-refractivity contribution < 1.29 is 14.3 Å². The van der Waals surface area contributed by atoms with Gasteiger partial charge in [0, 0.05) is 5.56 Å². The molecule has 1 aliphatic heterocycles. The molecule has 1 N–H and O–H groups in total. The minimum absolute atomic E-state index is 0.544. The van der Waals surface area contributed by atoms with Gasteiger partial charge in [0.15, 0.2) is 6.23 Å². The van der Waals surface area contributed by atoms with Crippen LogP contribution in [0.25, 0.3) is 5.03 Å². The van der Waals surface area contributed by atoms with Crippen molar-refractivity contribution in [3.8, 4) is 5.75 Å². The summed E-state index contributed by atoms with van der Waals surface area (Å²) in [6.45, 7) is 5.39. The van der Waals surface area contributed by atoms with Crippen molar-refractivity contribution in [3.63, 3.8) is 0 Å². The summed E-state index contributed by atoms with van der Waals surface area (Å²) in [5.41, 5.74) is 0.260. The van der Waals surface area contributed by atoms with E-state index in [0.29, 0.717) is 10.8 Å². The third kappa shape index (κ3) is 3.64. The van der Waals surface area contributed by atoms with Gasteiger partial charge < -0.3 is 9.47 Å². The van der Waals surface area contributed by atoms with E-state index >= 15 is 0 Å². The molecule has 0 aromatic heterocycles. The van der Waals surface area contributed by atoms with E-state index in [1.54, 1.807) is 32.9 Å².